The Hall–Kier alpha value is -2.40. The number of piperidine rings is 1. The van der Waals surface area contributed by atoms with Crippen LogP contribution in [0.3, 0.4) is 0 Å². The molecule has 0 radical (unpaired) electrons. The largest absolute Gasteiger partial charge is 0.378 e. The molecule has 5 nitrogen and oxygen atoms in total. The standard InChI is InChI=1S/C21H26N4O/c1-25(2)20-7-3-14(4-8-20)15-9-16(13-22-12-15)21(26)24-19-10-17-5-6-18(11-19)23-17/h3-4,7-9,12-13,17-19,23H,5-6,10-11H2,1-2H3,(H,24,26). The number of anilines is 1. The van der Waals surface area contributed by atoms with Gasteiger partial charge in [0.25, 0.3) is 5.91 Å². The van der Waals surface area contributed by atoms with E-state index in [0.29, 0.717) is 17.6 Å². The summed E-state index contributed by atoms with van der Waals surface area (Å²) in [5, 5.41) is 6.82. The molecule has 26 heavy (non-hydrogen) atoms. The van der Waals surface area contributed by atoms with Gasteiger partial charge in [0.05, 0.1) is 5.56 Å². The van der Waals surface area contributed by atoms with E-state index >= 15 is 0 Å². The number of carbonyl (C=O) groups excluding carboxylic acids is 1. The van der Waals surface area contributed by atoms with Gasteiger partial charge in [-0.25, -0.2) is 0 Å². The molecule has 1 aromatic heterocycles. The summed E-state index contributed by atoms with van der Waals surface area (Å²) in [5.41, 5.74) is 3.81. The third-order valence-electron chi connectivity index (χ3n) is 5.53. The van der Waals surface area contributed by atoms with Gasteiger partial charge in [-0.1, -0.05) is 12.1 Å². The molecular weight excluding hydrogens is 324 g/mol. The van der Waals surface area contributed by atoms with E-state index in [2.05, 4.69) is 44.8 Å². The molecule has 2 saturated heterocycles. The molecule has 136 valence electrons. The van der Waals surface area contributed by atoms with E-state index in [4.69, 9.17) is 0 Å². The van der Waals surface area contributed by atoms with Crippen LogP contribution in [0, 0.1) is 0 Å². The van der Waals surface area contributed by atoms with Crippen molar-refractivity contribution in [3.8, 4) is 11.1 Å². The van der Waals surface area contributed by atoms with Gasteiger partial charge < -0.3 is 15.5 Å². The number of nitrogens with zero attached hydrogens (tertiary/aromatic N) is 2. The molecule has 2 atom stereocenters. The Kier molecular flexibility index (Phi) is 4.64. The van der Waals surface area contributed by atoms with Gasteiger partial charge in [0.2, 0.25) is 0 Å². The first-order valence-electron chi connectivity index (χ1n) is 9.38. The number of nitrogens with one attached hydrogen (secondary N) is 2. The van der Waals surface area contributed by atoms with Crippen molar-refractivity contribution in [2.75, 3.05) is 19.0 Å². The number of benzene rings is 1. The second-order valence-electron chi connectivity index (χ2n) is 7.68. The van der Waals surface area contributed by atoms with Crippen LogP contribution in [0.25, 0.3) is 11.1 Å². The Morgan fingerprint density at radius 2 is 1.77 bits per heavy atom. The van der Waals surface area contributed by atoms with Crippen molar-refractivity contribution < 1.29 is 4.79 Å². The minimum atomic E-state index is -0.0180. The lowest BCUT2D eigenvalue weighted by Gasteiger charge is -2.29. The third-order valence-corrected chi connectivity index (χ3v) is 5.53. The van der Waals surface area contributed by atoms with E-state index in [1.807, 2.05) is 26.4 Å². The zero-order valence-corrected chi connectivity index (χ0v) is 15.4. The molecule has 2 fully saturated rings. The minimum absolute atomic E-state index is 0.0180. The van der Waals surface area contributed by atoms with Crippen LogP contribution in [0.15, 0.2) is 42.7 Å². The fraction of sp³-hybridized carbons (Fsp3) is 0.429. The van der Waals surface area contributed by atoms with Crippen LogP contribution in [0.1, 0.15) is 36.0 Å². The molecule has 0 saturated carbocycles. The lowest BCUT2D eigenvalue weighted by molar-refractivity contribution is 0.0923. The van der Waals surface area contributed by atoms with Gasteiger partial charge >= 0.3 is 0 Å². The van der Waals surface area contributed by atoms with Crippen molar-refractivity contribution in [1.82, 2.24) is 15.6 Å². The molecule has 2 aromatic rings. The first-order chi connectivity index (χ1) is 12.6. The Bertz CT molecular complexity index is 775. The van der Waals surface area contributed by atoms with Gasteiger partial charge in [0, 0.05) is 55.9 Å². The van der Waals surface area contributed by atoms with E-state index in [1.165, 1.54) is 12.8 Å². The summed E-state index contributed by atoms with van der Waals surface area (Å²) in [4.78, 5) is 19.1. The van der Waals surface area contributed by atoms with Crippen molar-refractivity contribution in [3.63, 3.8) is 0 Å². The normalized spacial score (nSPS) is 24.3. The van der Waals surface area contributed by atoms with Gasteiger partial charge in [-0.2, -0.15) is 0 Å². The molecule has 2 unspecified atom stereocenters. The molecule has 2 aliphatic rings. The van der Waals surface area contributed by atoms with Crippen LogP contribution in [-0.2, 0) is 0 Å². The number of fused-ring (bicyclic) bond motifs is 2. The monoisotopic (exact) mass is 350 g/mol. The molecule has 2 bridgehead atoms. The lowest BCUT2D eigenvalue weighted by atomic mass is 9.99. The Balaban J connectivity index is 1.47. The second-order valence-corrected chi connectivity index (χ2v) is 7.68. The summed E-state index contributed by atoms with van der Waals surface area (Å²) in [6.07, 6.45) is 7.99. The van der Waals surface area contributed by atoms with E-state index in [0.717, 1.165) is 29.7 Å². The topological polar surface area (TPSA) is 57.3 Å². The maximum Gasteiger partial charge on any atom is 0.253 e. The highest BCUT2D eigenvalue weighted by Crippen LogP contribution is 2.27. The highest BCUT2D eigenvalue weighted by atomic mass is 16.1. The molecule has 3 heterocycles. The average molecular weight is 350 g/mol. The molecule has 1 aromatic carbocycles. The van der Waals surface area contributed by atoms with Crippen LogP contribution >= 0.6 is 0 Å². The summed E-state index contributed by atoms with van der Waals surface area (Å²) in [5.74, 6) is -0.0180. The Morgan fingerprint density at radius 3 is 2.42 bits per heavy atom. The molecule has 0 aliphatic carbocycles. The number of aromatic nitrogens is 1. The predicted molar refractivity (Wildman–Crippen MR) is 104 cm³/mol. The number of carbonyl (C=O) groups is 1. The van der Waals surface area contributed by atoms with Gasteiger partial charge in [0.1, 0.15) is 0 Å². The van der Waals surface area contributed by atoms with Crippen LogP contribution in [-0.4, -0.2) is 43.1 Å². The first kappa shape index (κ1) is 17.0. The summed E-state index contributed by atoms with van der Waals surface area (Å²) < 4.78 is 0. The second kappa shape index (κ2) is 7.08. The molecule has 2 N–H and O–H groups in total. The maximum absolute atomic E-state index is 12.7. The molecule has 1 amide bonds. The fourth-order valence-electron chi connectivity index (χ4n) is 4.12. The summed E-state index contributed by atoms with van der Waals surface area (Å²) >= 11 is 0. The van der Waals surface area contributed by atoms with Gasteiger partial charge in [-0.05, 0) is 49.4 Å². The molecule has 5 heteroatoms. The third kappa shape index (κ3) is 3.58. The zero-order valence-electron chi connectivity index (χ0n) is 15.4. The maximum atomic E-state index is 12.7. The van der Waals surface area contributed by atoms with Crippen LogP contribution in [0.5, 0.6) is 0 Å². The smallest absolute Gasteiger partial charge is 0.253 e. The summed E-state index contributed by atoms with van der Waals surface area (Å²) in [7, 11) is 4.04. The number of hydrogen-bond donors (Lipinski definition) is 2. The number of rotatable bonds is 4. The van der Waals surface area contributed by atoms with E-state index < -0.39 is 0 Å². The zero-order chi connectivity index (χ0) is 18.1. The van der Waals surface area contributed by atoms with Crippen molar-refractivity contribution in [2.45, 2.75) is 43.8 Å². The highest BCUT2D eigenvalue weighted by molar-refractivity contribution is 5.95. The van der Waals surface area contributed by atoms with Crippen molar-refractivity contribution in [2.24, 2.45) is 0 Å². The lowest BCUT2D eigenvalue weighted by Crippen LogP contribution is -2.48. The molecule has 4 rings (SSSR count). The molecule has 2 aliphatic heterocycles. The highest BCUT2D eigenvalue weighted by Gasteiger charge is 2.34. The van der Waals surface area contributed by atoms with Crippen LogP contribution < -0.4 is 15.5 Å². The number of pyridine rings is 1. The predicted octanol–water partition coefficient (Wildman–Crippen LogP) is 2.83. The Morgan fingerprint density at radius 1 is 1.08 bits per heavy atom. The SMILES string of the molecule is CN(C)c1ccc(-c2cncc(C(=O)NC3CC4CCC(C3)N4)c2)cc1. The van der Waals surface area contributed by atoms with Crippen LogP contribution in [0.4, 0.5) is 5.69 Å². The summed E-state index contributed by atoms with van der Waals surface area (Å²) in [6, 6.07) is 11.6. The first-order valence-corrected chi connectivity index (χ1v) is 9.38. The van der Waals surface area contributed by atoms with Gasteiger partial charge in [0.15, 0.2) is 0 Å². The van der Waals surface area contributed by atoms with Crippen molar-refractivity contribution >= 4 is 11.6 Å². The van der Waals surface area contributed by atoms with Gasteiger partial charge in [-0.3, -0.25) is 9.78 Å². The molecular formula is C21H26N4O. The Labute approximate surface area is 154 Å². The fourth-order valence-corrected chi connectivity index (χ4v) is 4.12. The number of amides is 1. The molecule has 0 spiro atoms. The van der Waals surface area contributed by atoms with E-state index in [1.54, 1.807) is 6.20 Å². The quantitative estimate of drug-likeness (QED) is 0.890. The van der Waals surface area contributed by atoms with E-state index in [9.17, 15) is 4.79 Å². The minimum Gasteiger partial charge on any atom is -0.378 e. The summed E-state index contributed by atoms with van der Waals surface area (Å²) in [6.45, 7) is 0. The van der Waals surface area contributed by atoms with Gasteiger partial charge in [-0.15, -0.1) is 0 Å². The van der Waals surface area contributed by atoms with Crippen molar-refractivity contribution in [1.29, 1.82) is 0 Å². The number of hydrogen-bond acceptors (Lipinski definition) is 4. The van der Waals surface area contributed by atoms with Crippen LogP contribution in [0.2, 0.25) is 0 Å². The van der Waals surface area contributed by atoms with E-state index in [-0.39, 0.29) is 11.9 Å². The van der Waals surface area contributed by atoms with Crippen molar-refractivity contribution in [3.05, 3.63) is 48.3 Å². The average Bonchev–Trinajstić information content (AvgIpc) is 3.00.